The van der Waals surface area contributed by atoms with Gasteiger partial charge >= 0.3 is 0 Å². The van der Waals surface area contributed by atoms with Gasteiger partial charge in [-0.2, -0.15) is 0 Å². The maximum Gasteiger partial charge on any atom is 0.195 e. The molecule has 5 heteroatoms. The summed E-state index contributed by atoms with van der Waals surface area (Å²) in [6.45, 7) is 4.03. The zero-order valence-corrected chi connectivity index (χ0v) is 16.3. The minimum atomic E-state index is -1.47. The van der Waals surface area contributed by atoms with Crippen LogP contribution in [0.5, 0.6) is 5.75 Å². The fourth-order valence-electron chi connectivity index (χ4n) is 3.04. The molecule has 152 valence electrons. The first-order valence-electron chi connectivity index (χ1n) is 9.44. The Morgan fingerprint density at radius 3 is 2.32 bits per heavy atom. The van der Waals surface area contributed by atoms with Crippen LogP contribution in [0.25, 0.3) is 22.0 Å². The van der Waals surface area contributed by atoms with Crippen LogP contribution >= 0.6 is 0 Å². The van der Waals surface area contributed by atoms with Gasteiger partial charge in [0.1, 0.15) is 12.4 Å². The lowest BCUT2D eigenvalue weighted by atomic mass is 10.1. The van der Waals surface area contributed by atoms with Crippen molar-refractivity contribution < 1.29 is 17.9 Å². The fraction of sp³-hybridized carbons (Fsp3) is 0.0385. The Morgan fingerprint density at radius 2 is 1.61 bits per heavy atom. The van der Waals surface area contributed by atoms with E-state index in [0.29, 0.717) is 17.9 Å². The molecule has 4 aromatic rings. The standard InChI is InChI=1S/C26H16F3NO/c1-2-13-31-21-10-12-24(30-16-21)19-8-5-17(6-9-19)3-4-18-7-11-22-20(14-18)15-23(27)26(29)25(22)28/h2,5-12,14-16H,1,13H2. The van der Waals surface area contributed by atoms with Crippen molar-refractivity contribution in [1.29, 1.82) is 0 Å². The van der Waals surface area contributed by atoms with E-state index in [0.717, 1.165) is 22.9 Å². The molecule has 3 aromatic carbocycles. The second-order valence-corrected chi connectivity index (χ2v) is 6.73. The van der Waals surface area contributed by atoms with Gasteiger partial charge < -0.3 is 4.74 Å². The quantitative estimate of drug-likeness (QED) is 0.222. The van der Waals surface area contributed by atoms with E-state index >= 15 is 0 Å². The molecule has 0 radical (unpaired) electrons. The van der Waals surface area contributed by atoms with Crippen LogP contribution in [0.3, 0.4) is 0 Å². The summed E-state index contributed by atoms with van der Waals surface area (Å²) in [5, 5.41) is 0.271. The summed E-state index contributed by atoms with van der Waals surface area (Å²) in [6.07, 6.45) is 3.33. The molecule has 0 saturated heterocycles. The molecule has 0 atom stereocenters. The molecule has 0 amide bonds. The number of ether oxygens (including phenoxy) is 1. The lowest BCUT2D eigenvalue weighted by molar-refractivity contribution is 0.362. The Hall–Kier alpha value is -4.04. The van der Waals surface area contributed by atoms with Gasteiger partial charge in [0.05, 0.1) is 11.9 Å². The average Bonchev–Trinajstić information content (AvgIpc) is 2.80. The maximum absolute atomic E-state index is 13.8. The highest BCUT2D eigenvalue weighted by Crippen LogP contribution is 2.24. The predicted molar refractivity (Wildman–Crippen MR) is 115 cm³/mol. The summed E-state index contributed by atoms with van der Waals surface area (Å²) in [5.74, 6) is 2.76. The number of pyridine rings is 1. The molecular formula is C26H16F3NO. The van der Waals surface area contributed by atoms with Crippen LogP contribution in [0.2, 0.25) is 0 Å². The van der Waals surface area contributed by atoms with E-state index in [1.165, 1.54) is 12.1 Å². The van der Waals surface area contributed by atoms with Gasteiger partial charge in [-0.15, -0.1) is 0 Å². The van der Waals surface area contributed by atoms with Crippen LogP contribution in [-0.2, 0) is 0 Å². The molecule has 31 heavy (non-hydrogen) atoms. The van der Waals surface area contributed by atoms with Crippen LogP contribution in [-0.4, -0.2) is 11.6 Å². The average molecular weight is 415 g/mol. The Balaban J connectivity index is 1.53. The Morgan fingerprint density at radius 1 is 0.871 bits per heavy atom. The monoisotopic (exact) mass is 415 g/mol. The molecule has 1 heterocycles. The van der Waals surface area contributed by atoms with Crippen molar-refractivity contribution in [2.24, 2.45) is 0 Å². The molecule has 0 bridgehead atoms. The molecule has 4 rings (SSSR count). The summed E-state index contributed by atoms with van der Waals surface area (Å²) >= 11 is 0. The number of nitrogens with zero attached hydrogens (tertiary/aromatic N) is 1. The fourth-order valence-corrected chi connectivity index (χ4v) is 3.04. The van der Waals surface area contributed by atoms with Crippen molar-refractivity contribution in [3.63, 3.8) is 0 Å². The van der Waals surface area contributed by atoms with E-state index in [1.807, 2.05) is 36.4 Å². The SMILES string of the molecule is C=CCOc1ccc(-c2ccc(C#Cc3ccc4c(F)c(F)c(F)cc4c3)cc2)nc1. The van der Waals surface area contributed by atoms with Gasteiger partial charge in [-0.1, -0.05) is 42.7 Å². The number of aromatic nitrogens is 1. The first kappa shape index (κ1) is 20.2. The number of hydrogen-bond acceptors (Lipinski definition) is 2. The smallest absolute Gasteiger partial charge is 0.195 e. The van der Waals surface area contributed by atoms with E-state index in [9.17, 15) is 13.2 Å². The third-order valence-electron chi connectivity index (χ3n) is 4.61. The lowest BCUT2D eigenvalue weighted by Crippen LogP contribution is -1.93. The number of fused-ring (bicyclic) bond motifs is 1. The van der Waals surface area contributed by atoms with Crippen molar-refractivity contribution in [3.05, 3.63) is 108 Å². The first-order valence-corrected chi connectivity index (χ1v) is 9.44. The molecule has 1 aromatic heterocycles. The van der Waals surface area contributed by atoms with E-state index in [1.54, 1.807) is 18.3 Å². The van der Waals surface area contributed by atoms with Crippen molar-refractivity contribution >= 4 is 10.8 Å². The van der Waals surface area contributed by atoms with E-state index < -0.39 is 17.5 Å². The number of hydrogen-bond donors (Lipinski definition) is 0. The molecule has 2 nitrogen and oxygen atoms in total. The molecule has 0 spiro atoms. The topological polar surface area (TPSA) is 22.1 Å². The van der Waals surface area contributed by atoms with Crippen LogP contribution in [0.4, 0.5) is 13.2 Å². The van der Waals surface area contributed by atoms with Crippen molar-refractivity contribution in [3.8, 4) is 28.8 Å². The largest absolute Gasteiger partial charge is 0.488 e. The Kier molecular flexibility index (Phi) is 5.72. The summed E-state index contributed by atoms with van der Waals surface area (Å²) < 4.78 is 46.1. The summed E-state index contributed by atoms with van der Waals surface area (Å²) in [5.41, 5.74) is 3.07. The minimum absolute atomic E-state index is 0.0159. The van der Waals surface area contributed by atoms with Crippen molar-refractivity contribution in [1.82, 2.24) is 4.98 Å². The highest BCUT2D eigenvalue weighted by Gasteiger charge is 2.13. The maximum atomic E-state index is 13.8. The Bertz CT molecular complexity index is 1320. The van der Waals surface area contributed by atoms with Crippen LogP contribution in [0.15, 0.2) is 79.5 Å². The summed E-state index contributed by atoms with van der Waals surface area (Å²) in [7, 11) is 0. The molecule has 0 aliphatic carbocycles. The second-order valence-electron chi connectivity index (χ2n) is 6.73. The molecule has 0 unspecified atom stereocenters. The number of rotatable bonds is 4. The highest BCUT2D eigenvalue weighted by molar-refractivity contribution is 5.84. The third-order valence-corrected chi connectivity index (χ3v) is 4.61. The van der Waals surface area contributed by atoms with E-state index in [-0.39, 0.29) is 10.8 Å². The van der Waals surface area contributed by atoms with Crippen LogP contribution in [0, 0.1) is 29.3 Å². The predicted octanol–water partition coefficient (Wildman–Crippen LogP) is 6.28. The zero-order valence-electron chi connectivity index (χ0n) is 16.3. The lowest BCUT2D eigenvalue weighted by Gasteiger charge is -2.05. The van der Waals surface area contributed by atoms with Gasteiger partial charge in [-0.25, -0.2) is 13.2 Å². The van der Waals surface area contributed by atoms with Crippen LogP contribution in [0.1, 0.15) is 11.1 Å². The molecule has 0 aliphatic heterocycles. The minimum Gasteiger partial charge on any atom is -0.488 e. The normalized spacial score (nSPS) is 10.4. The molecule has 0 saturated carbocycles. The van der Waals surface area contributed by atoms with Crippen molar-refractivity contribution in [2.75, 3.05) is 6.61 Å². The second kappa shape index (κ2) is 8.76. The van der Waals surface area contributed by atoms with Crippen LogP contribution < -0.4 is 4.74 Å². The van der Waals surface area contributed by atoms with Gasteiger partial charge in [0.15, 0.2) is 17.5 Å². The summed E-state index contributed by atoms with van der Waals surface area (Å²) in [4.78, 5) is 4.39. The first-order chi connectivity index (χ1) is 15.0. The van der Waals surface area contributed by atoms with Crippen molar-refractivity contribution in [2.45, 2.75) is 0 Å². The van der Waals surface area contributed by atoms with E-state index in [4.69, 9.17) is 4.74 Å². The number of halogens is 3. The Labute approximate surface area is 177 Å². The summed E-state index contributed by atoms with van der Waals surface area (Å²) in [6, 6.07) is 16.7. The number of benzene rings is 3. The van der Waals surface area contributed by atoms with E-state index in [2.05, 4.69) is 23.4 Å². The van der Waals surface area contributed by atoms with Gasteiger partial charge in [-0.05, 0) is 47.9 Å². The molecular weight excluding hydrogens is 399 g/mol. The molecule has 0 aliphatic rings. The van der Waals surface area contributed by atoms with Gasteiger partial charge in [-0.3, -0.25) is 4.98 Å². The highest BCUT2D eigenvalue weighted by atomic mass is 19.2. The van der Waals surface area contributed by atoms with Gasteiger partial charge in [0.25, 0.3) is 0 Å². The molecule has 0 fully saturated rings. The van der Waals surface area contributed by atoms with Gasteiger partial charge in [0.2, 0.25) is 0 Å². The molecule has 0 N–H and O–H groups in total. The van der Waals surface area contributed by atoms with Gasteiger partial charge in [0, 0.05) is 22.1 Å². The third kappa shape index (κ3) is 4.44. The zero-order chi connectivity index (χ0) is 21.8.